The fraction of sp³-hybridized carbons (Fsp3) is 0.222. The molecule has 1 N–H and O–H groups in total. The lowest BCUT2D eigenvalue weighted by Gasteiger charge is -2.15. The third-order valence-electron chi connectivity index (χ3n) is 3.89. The van der Waals surface area contributed by atoms with Crippen molar-refractivity contribution in [3.63, 3.8) is 0 Å². The molecule has 25 heavy (non-hydrogen) atoms. The number of benzene rings is 2. The van der Waals surface area contributed by atoms with E-state index in [2.05, 4.69) is 21.2 Å². The van der Waals surface area contributed by atoms with Crippen LogP contribution in [0.25, 0.3) is 0 Å². The van der Waals surface area contributed by atoms with Gasteiger partial charge in [-0.25, -0.2) is 0 Å². The number of anilines is 2. The predicted octanol–water partition coefficient (Wildman–Crippen LogP) is 4.03. The van der Waals surface area contributed by atoms with E-state index in [-0.39, 0.29) is 18.4 Å². The van der Waals surface area contributed by atoms with E-state index in [1.807, 2.05) is 12.1 Å². The van der Waals surface area contributed by atoms with Gasteiger partial charge in [-0.2, -0.15) is 0 Å². The summed E-state index contributed by atoms with van der Waals surface area (Å²) in [7, 11) is 0. The molecule has 3 rings (SSSR count). The topological polar surface area (TPSA) is 58.6 Å². The van der Waals surface area contributed by atoms with Gasteiger partial charge in [0.25, 0.3) is 5.91 Å². The molecule has 0 aromatic heterocycles. The van der Waals surface area contributed by atoms with Crippen LogP contribution in [-0.2, 0) is 16.0 Å². The largest absolute Gasteiger partial charge is 0.482 e. The monoisotopic (exact) mass is 422 g/mol. The highest BCUT2D eigenvalue weighted by molar-refractivity contribution is 9.10. The van der Waals surface area contributed by atoms with Crippen LogP contribution in [0.5, 0.6) is 5.75 Å². The molecule has 5 nitrogen and oxygen atoms in total. The summed E-state index contributed by atoms with van der Waals surface area (Å²) in [6.45, 7) is 2.08. The maximum atomic E-state index is 12.1. The molecule has 1 heterocycles. The molecule has 2 amide bonds. The second kappa shape index (κ2) is 7.45. The Bertz CT molecular complexity index is 841. The van der Waals surface area contributed by atoms with Gasteiger partial charge in [-0.05, 0) is 48.4 Å². The van der Waals surface area contributed by atoms with Crippen molar-refractivity contribution < 1.29 is 14.3 Å². The van der Waals surface area contributed by atoms with Crippen molar-refractivity contribution in [2.45, 2.75) is 13.3 Å². The summed E-state index contributed by atoms with van der Waals surface area (Å²) >= 11 is 9.37. The van der Waals surface area contributed by atoms with Gasteiger partial charge in [0.05, 0.1) is 5.02 Å². The molecule has 0 spiro atoms. The predicted molar refractivity (Wildman–Crippen MR) is 101 cm³/mol. The maximum Gasteiger partial charge on any atom is 0.262 e. The number of carbonyl (C=O) groups excluding carboxylic acids is 2. The Balaban J connectivity index is 1.61. The summed E-state index contributed by atoms with van der Waals surface area (Å²) in [6.07, 6.45) is 0.781. The van der Waals surface area contributed by atoms with E-state index in [0.717, 1.165) is 22.1 Å². The van der Waals surface area contributed by atoms with Crippen molar-refractivity contribution in [1.29, 1.82) is 0 Å². The van der Waals surface area contributed by atoms with E-state index in [9.17, 15) is 9.59 Å². The molecule has 1 aliphatic rings. The Hall–Kier alpha value is -2.05. The SMILES string of the molecule is CC(=O)N1CCc2cc(NC(=O)COc3ccc(Br)cc3Cl)ccc21. The van der Waals surface area contributed by atoms with Crippen molar-refractivity contribution in [3.05, 3.63) is 51.5 Å². The molecule has 0 saturated heterocycles. The normalized spacial score (nSPS) is 12.7. The average Bonchev–Trinajstić information content (AvgIpc) is 2.97. The Kier molecular flexibility index (Phi) is 5.30. The van der Waals surface area contributed by atoms with E-state index < -0.39 is 0 Å². The van der Waals surface area contributed by atoms with Crippen LogP contribution in [0.4, 0.5) is 11.4 Å². The minimum absolute atomic E-state index is 0.0234. The van der Waals surface area contributed by atoms with Crippen molar-refractivity contribution in [2.24, 2.45) is 0 Å². The highest BCUT2D eigenvalue weighted by Gasteiger charge is 2.22. The van der Waals surface area contributed by atoms with Gasteiger partial charge in [0, 0.05) is 29.3 Å². The van der Waals surface area contributed by atoms with Gasteiger partial charge in [-0.1, -0.05) is 27.5 Å². The van der Waals surface area contributed by atoms with Gasteiger partial charge >= 0.3 is 0 Å². The van der Waals surface area contributed by atoms with E-state index in [1.165, 1.54) is 0 Å². The fourth-order valence-electron chi connectivity index (χ4n) is 2.74. The zero-order chi connectivity index (χ0) is 18.0. The summed E-state index contributed by atoms with van der Waals surface area (Å²) < 4.78 is 6.29. The Morgan fingerprint density at radius 1 is 1.28 bits per heavy atom. The molecule has 130 valence electrons. The van der Waals surface area contributed by atoms with Crippen LogP contribution in [0, 0.1) is 0 Å². The second-order valence-corrected chi connectivity index (χ2v) is 7.00. The first kappa shape index (κ1) is 17.8. The van der Waals surface area contributed by atoms with Crippen LogP contribution in [0.15, 0.2) is 40.9 Å². The zero-order valence-electron chi connectivity index (χ0n) is 13.5. The van der Waals surface area contributed by atoms with Crippen LogP contribution in [0.1, 0.15) is 12.5 Å². The highest BCUT2D eigenvalue weighted by atomic mass is 79.9. The lowest BCUT2D eigenvalue weighted by atomic mass is 10.1. The molecule has 1 aliphatic heterocycles. The molecule has 0 unspecified atom stereocenters. The van der Waals surface area contributed by atoms with Gasteiger partial charge in [-0.3, -0.25) is 9.59 Å². The molecule has 2 aromatic rings. The Morgan fingerprint density at radius 3 is 2.80 bits per heavy atom. The van der Waals surface area contributed by atoms with Gasteiger partial charge in [0.2, 0.25) is 5.91 Å². The Labute approximate surface area is 159 Å². The number of carbonyl (C=O) groups is 2. The lowest BCUT2D eigenvalue weighted by Crippen LogP contribution is -2.25. The third kappa shape index (κ3) is 4.14. The zero-order valence-corrected chi connectivity index (χ0v) is 15.9. The summed E-state index contributed by atoms with van der Waals surface area (Å²) in [5, 5.41) is 3.23. The summed E-state index contributed by atoms with van der Waals surface area (Å²) in [5.41, 5.74) is 2.63. The smallest absolute Gasteiger partial charge is 0.262 e. The van der Waals surface area contributed by atoms with Crippen LogP contribution in [0.2, 0.25) is 5.02 Å². The first-order chi connectivity index (χ1) is 11.9. The van der Waals surface area contributed by atoms with Gasteiger partial charge in [0.1, 0.15) is 5.75 Å². The molecule has 0 bridgehead atoms. The van der Waals surface area contributed by atoms with Crippen molar-refractivity contribution in [2.75, 3.05) is 23.4 Å². The van der Waals surface area contributed by atoms with Gasteiger partial charge in [0.15, 0.2) is 6.61 Å². The van der Waals surface area contributed by atoms with Gasteiger partial charge in [-0.15, -0.1) is 0 Å². The van der Waals surface area contributed by atoms with Crippen LogP contribution in [0.3, 0.4) is 0 Å². The standard InChI is InChI=1S/C18H16BrClN2O3/c1-11(23)22-7-6-12-8-14(3-4-16(12)22)21-18(24)10-25-17-5-2-13(19)9-15(17)20/h2-5,8-9H,6-7,10H2,1H3,(H,21,24). The molecule has 0 atom stereocenters. The first-order valence-electron chi connectivity index (χ1n) is 7.73. The van der Waals surface area contributed by atoms with E-state index in [4.69, 9.17) is 16.3 Å². The number of halogens is 2. The lowest BCUT2D eigenvalue weighted by molar-refractivity contribution is -0.118. The number of amides is 2. The number of nitrogens with zero attached hydrogens (tertiary/aromatic N) is 1. The molecular formula is C18H16BrClN2O3. The molecule has 2 aromatic carbocycles. The second-order valence-electron chi connectivity index (χ2n) is 5.68. The number of rotatable bonds is 4. The number of hydrogen-bond acceptors (Lipinski definition) is 3. The molecular weight excluding hydrogens is 408 g/mol. The molecule has 7 heteroatoms. The number of fused-ring (bicyclic) bond motifs is 1. The van der Waals surface area contributed by atoms with E-state index >= 15 is 0 Å². The van der Waals surface area contributed by atoms with E-state index in [0.29, 0.717) is 23.0 Å². The highest BCUT2D eigenvalue weighted by Crippen LogP contribution is 2.31. The first-order valence-corrected chi connectivity index (χ1v) is 8.90. The van der Waals surface area contributed by atoms with Crippen molar-refractivity contribution >= 4 is 50.7 Å². The number of ether oxygens (including phenoxy) is 1. The van der Waals surface area contributed by atoms with Crippen LogP contribution in [-0.4, -0.2) is 25.0 Å². The summed E-state index contributed by atoms with van der Waals surface area (Å²) in [4.78, 5) is 25.4. The van der Waals surface area contributed by atoms with Gasteiger partial charge < -0.3 is 15.0 Å². The maximum absolute atomic E-state index is 12.1. The van der Waals surface area contributed by atoms with Crippen LogP contribution < -0.4 is 15.0 Å². The fourth-order valence-corrected chi connectivity index (χ4v) is 3.47. The van der Waals surface area contributed by atoms with Crippen molar-refractivity contribution in [1.82, 2.24) is 0 Å². The molecule has 0 saturated carbocycles. The van der Waals surface area contributed by atoms with Crippen molar-refractivity contribution in [3.8, 4) is 5.75 Å². The molecule has 0 fully saturated rings. The minimum Gasteiger partial charge on any atom is -0.482 e. The average molecular weight is 424 g/mol. The van der Waals surface area contributed by atoms with E-state index in [1.54, 1.807) is 36.1 Å². The number of nitrogens with one attached hydrogen (secondary N) is 1. The minimum atomic E-state index is -0.277. The Morgan fingerprint density at radius 2 is 2.08 bits per heavy atom. The quantitative estimate of drug-likeness (QED) is 0.808. The molecule has 0 aliphatic carbocycles. The van der Waals surface area contributed by atoms with Crippen LogP contribution >= 0.6 is 27.5 Å². The third-order valence-corrected chi connectivity index (χ3v) is 4.68. The number of hydrogen-bond donors (Lipinski definition) is 1. The molecule has 0 radical (unpaired) electrons. The summed E-state index contributed by atoms with van der Waals surface area (Å²) in [5.74, 6) is 0.196. The summed E-state index contributed by atoms with van der Waals surface area (Å²) in [6, 6.07) is 10.7.